The van der Waals surface area contributed by atoms with Gasteiger partial charge in [-0.3, -0.25) is 5.41 Å². The molecule has 0 bridgehead atoms. The fourth-order valence-electron chi connectivity index (χ4n) is 3.01. The largest absolute Gasteiger partial charge is 0.339 e. The molecule has 2 aromatic heterocycles. The van der Waals surface area contributed by atoms with Crippen molar-refractivity contribution in [3.8, 4) is 6.07 Å². The van der Waals surface area contributed by atoms with Gasteiger partial charge in [0.1, 0.15) is 17.2 Å². The zero-order valence-corrected chi connectivity index (χ0v) is 13.0. The van der Waals surface area contributed by atoms with Crippen LogP contribution < -0.4 is 5.49 Å². The average molecular weight is 313 g/mol. The Kier molecular flexibility index (Phi) is 3.36. The summed E-state index contributed by atoms with van der Waals surface area (Å²) < 4.78 is 1.84. The smallest absolute Gasteiger partial charge is 0.183 e. The third kappa shape index (κ3) is 2.25. The second-order valence-corrected chi connectivity index (χ2v) is 5.68. The summed E-state index contributed by atoms with van der Waals surface area (Å²) in [6.45, 7) is 0.614. The minimum atomic E-state index is 0.146. The van der Waals surface area contributed by atoms with Crippen LogP contribution in [0.1, 0.15) is 11.3 Å². The van der Waals surface area contributed by atoms with Crippen LogP contribution in [0.5, 0.6) is 0 Å². The van der Waals surface area contributed by atoms with Crippen LogP contribution in [0, 0.1) is 16.7 Å². The molecule has 0 aliphatic carbocycles. The number of hydrogen-bond donors (Lipinski definition) is 2. The molecule has 24 heavy (non-hydrogen) atoms. The molecule has 0 aliphatic rings. The van der Waals surface area contributed by atoms with Gasteiger partial charge in [-0.1, -0.05) is 48.5 Å². The molecule has 0 amide bonds. The van der Waals surface area contributed by atoms with Crippen molar-refractivity contribution < 1.29 is 0 Å². The molecule has 0 aliphatic heterocycles. The first kappa shape index (κ1) is 14.2. The predicted molar refractivity (Wildman–Crippen MR) is 92.3 cm³/mol. The van der Waals surface area contributed by atoms with E-state index >= 15 is 0 Å². The maximum absolute atomic E-state index is 9.34. The van der Waals surface area contributed by atoms with Gasteiger partial charge in [-0.25, -0.2) is 4.98 Å². The second kappa shape index (κ2) is 5.67. The van der Waals surface area contributed by atoms with Crippen molar-refractivity contribution in [3.63, 3.8) is 0 Å². The molecule has 0 saturated carbocycles. The highest BCUT2D eigenvalue weighted by Crippen LogP contribution is 2.22. The summed E-state index contributed by atoms with van der Waals surface area (Å²) in [4.78, 5) is 7.74. The van der Waals surface area contributed by atoms with E-state index in [1.54, 1.807) is 0 Å². The van der Waals surface area contributed by atoms with Gasteiger partial charge in [0.2, 0.25) is 0 Å². The van der Waals surface area contributed by atoms with Crippen LogP contribution in [0.4, 0.5) is 0 Å². The monoisotopic (exact) mass is 313 g/mol. The van der Waals surface area contributed by atoms with Crippen molar-refractivity contribution in [2.75, 3.05) is 0 Å². The first-order chi connectivity index (χ1) is 11.8. The van der Waals surface area contributed by atoms with E-state index in [9.17, 15) is 5.26 Å². The molecule has 0 fully saturated rings. The number of rotatable bonds is 3. The number of para-hydroxylation sites is 1. The number of benzene rings is 2. The van der Waals surface area contributed by atoms with E-state index in [0.717, 1.165) is 28.5 Å². The SMILES string of the molecule is N#Cc1nc2c3ccccc3[nH]c2n(CCc2ccccc2)c1=N. The second-order valence-electron chi connectivity index (χ2n) is 5.68. The molecule has 5 heteroatoms. The molecule has 4 aromatic rings. The van der Waals surface area contributed by atoms with Crippen molar-refractivity contribution in [3.05, 3.63) is 71.3 Å². The quantitative estimate of drug-likeness (QED) is 0.609. The normalized spacial score (nSPS) is 11.0. The number of aryl methyl sites for hydroxylation is 2. The van der Waals surface area contributed by atoms with Gasteiger partial charge >= 0.3 is 0 Å². The highest BCUT2D eigenvalue weighted by Gasteiger charge is 2.13. The molecule has 2 aromatic carbocycles. The number of nitriles is 1. The molecular formula is C19H15N5. The standard InChI is InChI=1S/C19H15N5/c20-12-16-18(21)24(11-10-13-6-2-1-3-7-13)19-17(22-16)14-8-4-5-9-15(14)23-19/h1-9,21,23H,10-11H2. The van der Waals surface area contributed by atoms with Gasteiger partial charge in [0.15, 0.2) is 11.2 Å². The lowest BCUT2D eigenvalue weighted by atomic mass is 10.1. The van der Waals surface area contributed by atoms with Gasteiger partial charge in [0, 0.05) is 17.4 Å². The summed E-state index contributed by atoms with van der Waals surface area (Å²) in [5, 5.41) is 18.6. The third-order valence-corrected chi connectivity index (χ3v) is 4.22. The van der Waals surface area contributed by atoms with E-state index < -0.39 is 0 Å². The highest BCUT2D eigenvalue weighted by atomic mass is 15.1. The summed E-state index contributed by atoms with van der Waals surface area (Å²) >= 11 is 0. The summed E-state index contributed by atoms with van der Waals surface area (Å²) in [6.07, 6.45) is 0.788. The van der Waals surface area contributed by atoms with Gasteiger partial charge in [0.05, 0.1) is 0 Å². The molecule has 2 heterocycles. The number of fused-ring (bicyclic) bond motifs is 3. The van der Waals surface area contributed by atoms with Gasteiger partial charge in [-0.2, -0.15) is 5.26 Å². The molecule has 2 N–H and O–H groups in total. The molecule has 116 valence electrons. The van der Waals surface area contributed by atoms with E-state index in [4.69, 9.17) is 5.41 Å². The summed E-state index contributed by atoms with van der Waals surface area (Å²) in [6, 6.07) is 20.1. The van der Waals surface area contributed by atoms with Crippen LogP contribution in [0.3, 0.4) is 0 Å². The fourth-order valence-corrected chi connectivity index (χ4v) is 3.01. The van der Waals surface area contributed by atoms with Crippen LogP contribution in [-0.4, -0.2) is 14.5 Å². The van der Waals surface area contributed by atoms with Gasteiger partial charge in [0.25, 0.3) is 0 Å². The van der Waals surface area contributed by atoms with E-state index in [1.807, 2.05) is 53.1 Å². The Morgan fingerprint density at radius 2 is 1.83 bits per heavy atom. The van der Waals surface area contributed by atoms with Crippen molar-refractivity contribution in [2.45, 2.75) is 13.0 Å². The van der Waals surface area contributed by atoms with Crippen LogP contribution in [-0.2, 0) is 13.0 Å². The van der Waals surface area contributed by atoms with E-state index in [2.05, 4.69) is 22.1 Å². The minimum absolute atomic E-state index is 0.146. The Morgan fingerprint density at radius 1 is 1.08 bits per heavy atom. The number of H-pyrrole nitrogens is 1. The van der Waals surface area contributed by atoms with Crippen LogP contribution in [0.15, 0.2) is 54.6 Å². The van der Waals surface area contributed by atoms with Crippen molar-refractivity contribution in [2.24, 2.45) is 0 Å². The summed E-state index contributed by atoms with van der Waals surface area (Å²) in [7, 11) is 0. The van der Waals surface area contributed by atoms with E-state index in [-0.39, 0.29) is 11.2 Å². The van der Waals surface area contributed by atoms with Crippen molar-refractivity contribution in [1.29, 1.82) is 10.7 Å². The van der Waals surface area contributed by atoms with Crippen LogP contribution in [0.2, 0.25) is 0 Å². The first-order valence-electron chi connectivity index (χ1n) is 7.78. The van der Waals surface area contributed by atoms with Crippen LogP contribution in [0.25, 0.3) is 22.1 Å². The molecule has 5 nitrogen and oxygen atoms in total. The summed E-state index contributed by atoms with van der Waals surface area (Å²) in [5.41, 5.74) is 3.99. The van der Waals surface area contributed by atoms with Crippen molar-refractivity contribution >= 4 is 22.1 Å². The number of aromatic amines is 1. The predicted octanol–water partition coefficient (Wildman–Crippen LogP) is 3.11. The number of hydrogen-bond acceptors (Lipinski definition) is 3. The summed E-state index contributed by atoms with van der Waals surface area (Å²) in [5.74, 6) is 0. The Labute approximate surface area is 138 Å². The maximum atomic E-state index is 9.34. The minimum Gasteiger partial charge on any atom is -0.339 e. The third-order valence-electron chi connectivity index (χ3n) is 4.22. The van der Waals surface area contributed by atoms with Crippen molar-refractivity contribution in [1.82, 2.24) is 14.5 Å². The Hall–Kier alpha value is -3.39. The zero-order chi connectivity index (χ0) is 16.5. The molecule has 0 saturated heterocycles. The molecular weight excluding hydrogens is 298 g/mol. The lowest BCUT2D eigenvalue weighted by Gasteiger charge is -2.09. The van der Waals surface area contributed by atoms with Gasteiger partial charge in [-0.15, -0.1) is 0 Å². The molecule has 0 unspecified atom stereocenters. The Bertz CT molecular complexity index is 1130. The van der Waals surface area contributed by atoms with Gasteiger partial charge < -0.3 is 9.55 Å². The zero-order valence-electron chi connectivity index (χ0n) is 13.0. The first-order valence-corrected chi connectivity index (χ1v) is 7.78. The number of aromatic nitrogens is 3. The highest BCUT2D eigenvalue weighted by molar-refractivity contribution is 6.03. The molecule has 0 spiro atoms. The number of nitrogens with zero attached hydrogens (tertiary/aromatic N) is 3. The maximum Gasteiger partial charge on any atom is 0.183 e. The van der Waals surface area contributed by atoms with Crippen LogP contribution >= 0.6 is 0 Å². The van der Waals surface area contributed by atoms with E-state index in [0.29, 0.717) is 6.54 Å². The Morgan fingerprint density at radius 3 is 2.62 bits per heavy atom. The topological polar surface area (TPSA) is 81.2 Å². The molecule has 4 rings (SSSR count). The lowest BCUT2D eigenvalue weighted by molar-refractivity contribution is 0.664. The molecule has 0 atom stereocenters. The lowest BCUT2D eigenvalue weighted by Crippen LogP contribution is -2.25. The fraction of sp³-hybridized carbons (Fsp3) is 0.105. The van der Waals surface area contributed by atoms with E-state index in [1.165, 1.54) is 5.56 Å². The molecule has 0 radical (unpaired) electrons. The van der Waals surface area contributed by atoms with Gasteiger partial charge in [-0.05, 0) is 18.1 Å². The average Bonchev–Trinajstić information content (AvgIpc) is 2.99. The number of nitrogens with one attached hydrogen (secondary N) is 2. The Balaban J connectivity index is 1.91.